The van der Waals surface area contributed by atoms with Crippen molar-refractivity contribution in [2.24, 2.45) is 5.41 Å². The Hall–Kier alpha value is -4.62. The number of thiazole rings is 1. The number of hydrogen-bond donors (Lipinski definition) is 4. The van der Waals surface area contributed by atoms with Crippen LogP contribution in [0.4, 0.5) is 4.39 Å². The quantitative estimate of drug-likeness (QED) is 0.112. The van der Waals surface area contributed by atoms with Crippen LogP contribution in [0.1, 0.15) is 60.1 Å². The van der Waals surface area contributed by atoms with Crippen LogP contribution < -0.4 is 36.2 Å². The Kier molecular flexibility index (Phi) is 12.7. The summed E-state index contributed by atoms with van der Waals surface area (Å²) in [7, 11) is 0. The van der Waals surface area contributed by atoms with Crippen LogP contribution in [0.2, 0.25) is 0 Å². The maximum absolute atomic E-state index is 15.1. The Morgan fingerprint density at radius 1 is 1.02 bits per heavy atom. The fourth-order valence-electron chi connectivity index (χ4n) is 7.32. The summed E-state index contributed by atoms with van der Waals surface area (Å²) in [5, 5.41) is 21.6. The van der Waals surface area contributed by atoms with Gasteiger partial charge in [-0.25, -0.2) is 4.98 Å². The Morgan fingerprint density at radius 2 is 1.72 bits per heavy atom. The molecule has 0 unspecified atom stereocenters. The molecule has 2 fully saturated rings. The molecule has 3 aromatic carbocycles. The van der Waals surface area contributed by atoms with Crippen molar-refractivity contribution < 1.29 is 45.6 Å². The summed E-state index contributed by atoms with van der Waals surface area (Å²) < 4.78 is 20.8. The van der Waals surface area contributed by atoms with E-state index in [9.17, 15) is 24.3 Å². The summed E-state index contributed by atoms with van der Waals surface area (Å²) in [6.07, 6.45) is -0.345. The number of carbonyl (C=O) groups is 3. The van der Waals surface area contributed by atoms with Gasteiger partial charge in [0.15, 0.2) is 0 Å². The number of carbonyl (C=O) groups excluding carboxylic acids is 3. The van der Waals surface area contributed by atoms with E-state index >= 15 is 4.39 Å². The molecule has 0 aliphatic carbocycles. The summed E-state index contributed by atoms with van der Waals surface area (Å²) in [6, 6.07) is 18.2. The average Bonchev–Trinajstić information content (AvgIpc) is 3.83. The molecule has 0 spiro atoms. The van der Waals surface area contributed by atoms with Gasteiger partial charge in [0.25, 0.3) is 5.56 Å². The zero-order chi connectivity index (χ0) is 41.1. The summed E-state index contributed by atoms with van der Waals surface area (Å²) in [5.41, 5.74) is 5.29. The molecule has 306 valence electrons. The standard InChI is InChI=1S/C42H47FIN8O5S/c1-25-36(58-24-46-25)28-12-9-26(10-13-28)22-45-39(55)35-21-29(53)23-52(35)41(57)37(42(2,3)4)47-44-51-17-15-50(16-18-51)40(56)32-19-27(11-14-33(32)43)20-34-30-7-5-6-8-31(30)38(54)49-48-34/h5-14,19,24,29,35,37,47,53H,15-18,20-23H2,1-4H3,(H,45,55)(H,49,54)/q-1/t29-,35+,37-/m1/s1. The van der Waals surface area contributed by atoms with E-state index in [2.05, 4.69) is 27.1 Å². The second kappa shape index (κ2) is 17.7. The van der Waals surface area contributed by atoms with Crippen molar-refractivity contribution in [2.45, 2.75) is 65.3 Å². The van der Waals surface area contributed by atoms with Gasteiger partial charge < -0.3 is 0 Å². The van der Waals surface area contributed by atoms with Crippen LogP contribution in [0.15, 0.2) is 77.0 Å². The van der Waals surface area contributed by atoms with Crippen LogP contribution in [-0.4, -0.2) is 102 Å². The molecular formula is C42H47FIN8O5S-. The molecular weight excluding hydrogens is 874 g/mol. The third kappa shape index (κ3) is 9.31. The maximum atomic E-state index is 15.1. The van der Waals surface area contributed by atoms with Crippen molar-refractivity contribution in [1.82, 2.24) is 36.9 Å². The molecule has 7 rings (SSSR count). The number of aryl methyl sites for hydroxylation is 1. The minimum absolute atomic E-state index is 0.0165. The molecule has 2 aromatic heterocycles. The van der Waals surface area contributed by atoms with E-state index in [0.29, 0.717) is 61.2 Å². The number of rotatable bonds is 11. The van der Waals surface area contributed by atoms with Crippen LogP contribution in [0.3, 0.4) is 0 Å². The molecule has 2 saturated heterocycles. The molecule has 3 atom stereocenters. The van der Waals surface area contributed by atoms with Crippen LogP contribution >= 0.6 is 11.3 Å². The molecule has 2 aliphatic rings. The number of aromatic nitrogens is 3. The number of H-pyrrole nitrogens is 1. The molecule has 13 nitrogen and oxygen atoms in total. The van der Waals surface area contributed by atoms with Gasteiger partial charge in [-0.2, -0.15) is 0 Å². The topological polar surface area (TPSA) is 164 Å². The number of halogens is 2. The minimum atomic E-state index is -0.877. The number of β-amino-alcohol motifs (C(OH)–C–C–N with tert-alkyl or cyclic N) is 1. The molecule has 16 heteroatoms. The number of aliphatic hydroxyl groups is 1. The van der Waals surface area contributed by atoms with E-state index in [1.54, 1.807) is 40.5 Å². The number of fused-ring (bicyclic) bond motifs is 1. The van der Waals surface area contributed by atoms with Gasteiger partial charge in [-0.1, -0.05) is 12.1 Å². The van der Waals surface area contributed by atoms with Crippen molar-refractivity contribution in [3.8, 4) is 10.4 Å². The molecule has 3 amide bonds. The first-order chi connectivity index (χ1) is 27.8. The summed E-state index contributed by atoms with van der Waals surface area (Å²) >= 11 is 0.704. The Bertz CT molecular complexity index is 2360. The second-order valence-electron chi connectivity index (χ2n) is 15.8. The first-order valence-electron chi connectivity index (χ1n) is 19.2. The number of nitrogens with one attached hydrogen (secondary N) is 3. The van der Waals surface area contributed by atoms with Crippen LogP contribution in [0.5, 0.6) is 0 Å². The fraction of sp³-hybridized carbons (Fsp3) is 0.381. The average molecular weight is 922 g/mol. The van der Waals surface area contributed by atoms with Crippen molar-refractivity contribution >= 4 is 39.8 Å². The fourth-order valence-corrected chi connectivity index (χ4v) is 10.9. The Balaban J connectivity index is 0.936. The number of likely N-dealkylation sites (tertiary alicyclic amines) is 1. The molecule has 5 aromatic rings. The van der Waals surface area contributed by atoms with E-state index in [4.69, 9.17) is 0 Å². The van der Waals surface area contributed by atoms with Crippen LogP contribution in [0.25, 0.3) is 21.2 Å². The van der Waals surface area contributed by atoms with Gasteiger partial charge in [-0.3, -0.25) is 4.79 Å². The van der Waals surface area contributed by atoms with Gasteiger partial charge in [-0.05, 0) is 13.0 Å². The van der Waals surface area contributed by atoms with Crippen molar-refractivity contribution in [3.05, 3.63) is 116 Å². The number of aromatic amines is 1. The first kappa shape index (κ1) is 41.5. The second-order valence-corrected chi connectivity index (χ2v) is 19.1. The summed E-state index contributed by atoms with van der Waals surface area (Å²) in [4.78, 5) is 62.2. The van der Waals surface area contributed by atoms with Crippen LogP contribution in [-0.2, 0) is 22.6 Å². The number of piperazine rings is 1. The molecule has 2 aliphatic heterocycles. The van der Waals surface area contributed by atoms with E-state index in [0.717, 1.165) is 21.7 Å². The number of amides is 3. The van der Waals surface area contributed by atoms with Gasteiger partial charge in [0.2, 0.25) is 0 Å². The van der Waals surface area contributed by atoms with Crippen molar-refractivity contribution in [3.63, 3.8) is 0 Å². The number of nitrogens with zero attached hydrogens (tertiary/aromatic N) is 5. The predicted octanol–water partition coefficient (Wildman–Crippen LogP) is 1.04. The molecule has 4 N–H and O–H groups in total. The Morgan fingerprint density at radius 3 is 2.41 bits per heavy atom. The van der Waals surface area contributed by atoms with Gasteiger partial charge in [0.1, 0.15) is 0 Å². The van der Waals surface area contributed by atoms with E-state index < -0.39 is 57.1 Å². The summed E-state index contributed by atoms with van der Waals surface area (Å²) in [6.45, 7) is 10.1. The third-order valence-corrected chi connectivity index (χ3v) is 14.1. The Labute approximate surface area is 351 Å². The molecule has 0 radical (unpaired) electrons. The normalized spacial score (nSPS) is 18.2. The van der Waals surface area contributed by atoms with Gasteiger partial charge in [-0.15, -0.1) is 11.3 Å². The van der Waals surface area contributed by atoms with Crippen molar-refractivity contribution in [2.75, 3.05) is 32.7 Å². The van der Waals surface area contributed by atoms with Gasteiger partial charge in [0.05, 0.1) is 16.1 Å². The zero-order valence-corrected chi connectivity index (χ0v) is 35.8. The first-order valence-corrected chi connectivity index (χ1v) is 22.1. The van der Waals surface area contributed by atoms with E-state index in [1.807, 2.05) is 69.6 Å². The molecule has 4 heterocycles. The monoisotopic (exact) mass is 921 g/mol. The SMILES string of the molecule is Cc1ncsc1-c1ccc(CNC(=O)[C@@H]2C[C@@H](O)CN2C(=O)[C@@H](N[I-]N2CCN(C(=O)c3cc(Cc4n[nH]c(=O)c5ccccc45)ccc3F)CC2)C(C)(C)C)cc1. The predicted molar refractivity (Wildman–Crippen MR) is 216 cm³/mol. The zero-order valence-electron chi connectivity index (χ0n) is 32.8. The number of hydrogen-bond acceptors (Lipinski definition) is 10. The van der Waals surface area contributed by atoms with Crippen LogP contribution in [0, 0.1) is 18.2 Å². The van der Waals surface area contributed by atoms with E-state index in [1.165, 1.54) is 11.0 Å². The van der Waals surface area contributed by atoms with E-state index in [-0.39, 0.29) is 35.9 Å². The van der Waals surface area contributed by atoms with Crippen molar-refractivity contribution in [1.29, 1.82) is 0 Å². The molecule has 0 bridgehead atoms. The number of benzene rings is 3. The third-order valence-electron chi connectivity index (χ3n) is 10.6. The summed E-state index contributed by atoms with van der Waals surface area (Å²) in [5.74, 6) is -1.54. The molecule has 0 saturated carbocycles. The van der Waals surface area contributed by atoms with Gasteiger partial charge in [0, 0.05) is 0 Å². The number of aliphatic hydroxyl groups excluding tert-OH is 1. The molecule has 58 heavy (non-hydrogen) atoms. The van der Waals surface area contributed by atoms with Gasteiger partial charge >= 0.3 is 285 Å².